The molecule has 0 aliphatic carbocycles. The molecule has 1 fully saturated rings. The van der Waals surface area contributed by atoms with Crippen molar-refractivity contribution in [3.05, 3.63) is 53.3 Å². The number of benzene rings is 1. The molecule has 0 saturated carbocycles. The molecule has 1 atom stereocenters. The van der Waals surface area contributed by atoms with Crippen LogP contribution in [0.25, 0.3) is 0 Å². The first-order chi connectivity index (χ1) is 11.4. The highest BCUT2D eigenvalue weighted by molar-refractivity contribution is 5.92. The minimum absolute atomic E-state index is 0.144. The second-order valence-corrected chi connectivity index (χ2v) is 5.95. The number of nitrogens with zero attached hydrogens (tertiary/aromatic N) is 2. The van der Waals surface area contributed by atoms with E-state index in [1.165, 1.54) is 4.90 Å². The van der Waals surface area contributed by atoms with Crippen LogP contribution in [0.4, 0.5) is 13.2 Å². The zero-order valence-electron chi connectivity index (χ0n) is 12.7. The number of carbonyl (C=O) groups is 1. The number of rotatable bonds is 3. The molecule has 24 heavy (non-hydrogen) atoms. The highest BCUT2D eigenvalue weighted by Crippen LogP contribution is 2.35. The van der Waals surface area contributed by atoms with Crippen molar-refractivity contribution in [3.8, 4) is 0 Å². The van der Waals surface area contributed by atoms with E-state index in [0.29, 0.717) is 19.0 Å². The normalized spacial score (nSPS) is 21.2. The van der Waals surface area contributed by atoms with Gasteiger partial charge in [-0.3, -0.25) is 9.89 Å². The molecule has 0 bridgehead atoms. The van der Waals surface area contributed by atoms with E-state index < -0.39 is 23.2 Å². The predicted molar refractivity (Wildman–Crippen MR) is 79.3 cm³/mol. The molecule has 1 saturated heterocycles. The van der Waals surface area contributed by atoms with Gasteiger partial charge >= 0.3 is 6.18 Å². The van der Waals surface area contributed by atoms with Gasteiger partial charge in [-0.1, -0.05) is 30.3 Å². The van der Waals surface area contributed by atoms with Crippen LogP contribution in [0.3, 0.4) is 0 Å². The molecular formula is C16H16F3N3O2. The molecule has 3 rings (SSSR count). The van der Waals surface area contributed by atoms with Crippen molar-refractivity contribution in [1.29, 1.82) is 0 Å². The Kier molecular flexibility index (Phi) is 4.08. The molecule has 1 aromatic heterocycles. The molecule has 0 spiro atoms. The standard InChI is InChI=1S/C16H16F3N3O2/c17-16(18,19)13-8-12(20-21-13)14(24)22-7-6-15(9-22,10-23)11-4-2-1-3-5-11/h1-5,8,23H,6-7,9-10H2,(H,20,21). The van der Waals surface area contributed by atoms with E-state index in [0.717, 1.165) is 5.56 Å². The summed E-state index contributed by atoms with van der Waals surface area (Å²) in [4.78, 5) is 13.8. The number of alkyl halides is 3. The van der Waals surface area contributed by atoms with Gasteiger partial charge in [-0.05, 0) is 12.0 Å². The number of hydrogen-bond donors (Lipinski definition) is 2. The molecule has 1 unspecified atom stereocenters. The summed E-state index contributed by atoms with van der Waals surface area (Å²) >= 11 is 0. The van der Waals surface area contributed by atoms with Gasteiger partial charge in [0.25, 0.3) is 5.91 Å². The minimum Gasteiger partial charge on any atom is -0.395 e. The van der Waals surface area contributed by atoms with E-state index in [1.807, 2.05) is 35.4 Å². The van der Waals surface area contributed by atoms with E-state index in [4.69, 9.17) is 0 Å². The van der Waals surface area contributed by atoms with Crippen LogP contribution < -0.4 is 0 Å². The Hall–Kier alpha value is -2.35. The number of nitrogens with one attached hydrogen (secondary N) is 1. The fourth-order valence-corrected chi connectivity index (χ4v) is 3.03. The quantitative estimate of drug-likeness (QED) is 0.901. The number of amides is 1. The predicted octanol–water partition coefficient (Wildman–Crippen LogP) is 2.20. The van der Waals surface area contributed by atoms with Crippen molar-refractivity contribution in [1.82, 2.24) is 15.1 Å². The van der Waals surface area contributed by atoms with Gasteiger partial charge in [0.05, 0.1) is 6.61 Å². The number of hydrogen-bond acceptors (Lipinski definition) is 3. The molecule has 1 aliphatic heterocycles. The minimum atomic E-state index is -4.57. The van der Waals surface area contributed by atoms with Gasteiger partial charge in [0, 0.05) is 24.6 Å². The second-order valence-electron chi connectivity index (χ2n) is 5.95. The number of halogens is 3. The molecular weight excluding hydrogens is 323 g/mol. The topological polar surface area (TPSA) is 69.2 Å². The van der Waals surface area contributed by atoms with Crippen LogP contribution in [0.5, 0.6) is 0 Å². The van der Waals surface area contributed by atoms with Crippen molar-refractivity contribution in [2.24, 2.45) is 0 Å². The molecule has 2 aromatic rings. The van der Waals surface area contributed by atoms with Crippen LogP contribution in [0.2, 0.25) is 0 Å². The van der Waals surface area contributed by atoms with Crippen molar-refractivity contribution >= 4 is 5.91 Å². The van der Waals surface area contributed by atoms with Crippen LogP contribution in [0.15, 0.2) is 36.4 Å². The first kappa shape index (κ1) is 16.5. The molecule has 1 amide bonds. The monoisotopic (exact) mass is 339 g/mol. The van der Waals surface area contributed by atoms with Gasteiger partial charge < -0.3 is 10.0 Å². The molecule has 2 heterocycles. The summed E-state index contributed by atoms with van der Waals surface area (Å²) in [6.45, 7) is 0.443. The lowest BCUT2D eigenvalue weighted by Crippen LogP contribution is -2.37. The fourth-order valence-electron chi connectivity index (χ4n) is 3.03. The average Bonchev–Trinajstić information content (AvgIpc) is 3.23. The molecule has 1 aliphatic rings. The molecule has 0 radical (unpaired) electrons. The van der Waals surface area contributed by atoms with Crippen molar-refractivity contribution in [3.63, 3.8) is 0 Å². The highest BCUT2D eigenvalue weighted by Gasteiger charge is 2.42. The maximum atomic E-state index is 12.6. The zero-order chi connectivity index (χ0) is 17.4. The summed E-state index contributed by atoms with van der Waals surface area (Å²) in [7, 11) is 0. The first-order valence-corrected chi connectivity index (χ1v) is 7.44. The third kappa shape index (κ3) is 2.89. The zero-order valence-corrected chi connectivity index (χ0v) is 12.7. The van der Waals surface area contributed by atoms with Gasteiger partial charge in [0.2, 0.25) is 0 Å². The highest BCUT2D eigenvalue weighted by atomic mass is 19.4. The molecule has 2 N–H and O–H groups in total. The van der Waals surface area contributed by atoms with E-state index in [9.17, 15) is 23.1 Å². The molecule has 5 nitrogen and oxygen atoms in total. The van der Waals surface area contributed by atoms with Gasteiger partial charge in [-0.15, -0.1) is 0 Å². The number of aromatic amines is 1. The van der Waals surface area contributed by atoms with Crippen LogP contribution >= 0.6 is 0 Å². The molecule has 1 aromatic carbocycles. The lowest BCUT2D eigenvalue weighted by atomic mass is 9.80. The Labute approximate surface area is 136 Å². The Balaban J connectivity index is 1.80. The number of aliphatic hydroxyl groups excluding tert-OH is 1. The van der Waals surface area contributed by atoms with E-state index in [2.05, 4.69) is 5.10 Å². The third-order valence-electron chi connectivity index (χ3n) is 4.43. The Morgan fingerprint density at radius 1 is 1.33 bits per heavy atom. The van der Waals surface area contributed by atoms with Crippen LogP contribution in [-0.2, 0) is 11.6 Å². The maximum absolute atomic E-state index is 12.6. The number of H-pyrrole nitrogens is 1. The van der Waals surface area contributed by atoms with E-state index >= 15 is 0 Å². The maximum Gasteiger partial charge on any atom is 0.432 e. The number of aliphatic hydroxyl groups is 1. The van der Waals surface area contributed by atoms with Crippen molar-refractivity contribution in [2.45, 2.75) is 18.0 Å². The lowest BCUT2D eigenvalue weighted by Gasteiger charge is -2.27. The summed E-state index contributed by atoms with van der Waals surface area (Å²) in [5, 5.41) is 15.2. The van der Waals surface area contributed by atoms with Crippen LogP contribution in [0, 0.1) is 0 Å². The van der Waals surface area contributed by atoms with E-state index in [1.54, 1.807) is 0 Å². The SMILES string of the molecule is O=C(c1cc(C(F)(F)F)[nH]n1)N1CCC(CO)(c2ccccc2)C1. The Morgan fingerprint density at radius 3 is 2.62 bits per heavy atom. The third-order valence-corrected chi connectivity index (χ3v) is 4.43. The van der Waals surface area contributed by atoms with E-state index in [-0.39, 0.29) is 18.8 Å². The summed E-state index contributed by atoms with van der Waals surface area (Å²) < 4.78 is 37.8. The number of aromatic nitrogens is 2. The lowest BCUT2D eigenvalue weighted by molar-refractivity contribution is -0.141. The average molecular weight is 339 g/mol. The Morgan fingerprint density at radius 2 is 2.04 bits per heavy atom. The summed E-state index contributed by atoms with van der Waals surface area (Å²) in [6.07, 6.45) is -4.04. The van der Waals surface area contributed by atoms with Crippen molar-refractivity contribution in [2.75, 3.05) is 19.7 Å². The van der Waals surface area contributed by atoms with Gasteiger partial charge in [-0.25, -0.2) is 0 Å². The van der Waals surface area contributed by atoms with Crippen LogP contribution in [0.1, 0.15) is 28.2 Å². The largest absolute Gasteiger partial charge is 0.432 e. The summed E-state index contributed by atoms with van der Waals surface area (Å²) in [5.74, 6) is -0.576. The smallest absolute Gasteiger partial charge is 0.395 e. The number of likely N-dealkylation sites (tertiary alicyclic amines) is 1. The fraction of sp³-hybridized carbons (Fsp3) is 0.375. The van der Waals surface area contributed by atoms with Gasteiger partial charge in [-0.2, -0.15) is 18.3 Å². The summed E-state index contributed by atoms with van der Waals surface area (Å²) in [5.41, 5.74) is -1.02. The van der Waals surface area contributed by atoms with Gasteiger partial charge in [0.15, 0.2) is 5.69 Å². The summed E-state index contributed by atoms with van der Waals surface area (Å²) in [6, 6.07) is 10.0. The Bertz CT molecular complexity index is 730. The van der Waals surface area contributed by atoms with Crippen LogP contribution in [-0.4, -0.2) is 45.8 Å². The first-order valence-electron chi connectivity index (χ1n) is 7.44. The molecule has 128 valence electrons. The molecule has 8 heteroatoms. The number of carbonyl (C=O) groups excluding carboxylic acids is 1. The van der Waals surface area contributed by atoms with Crippen molar-refractivity contribution < 1.29 is 23.1 Å². The second kappa shape index (κ2) is 5.94. The van der Waals surface area contributed by atoms with Gasteiger partial charge in [0.1, 0.15) is 5.69 Å².